The van der Waals surface area contributed by atoms with Gasteiger partial charge in [0.15, 0.2) is 0 Å². The topological polar surface area (TPSA) is 104 Å². The first-order chi connectivity index (χ1) is 19.2. The molecule has 40 heavy (non-hydrogen) atoms. The minimum atomic E-state index is -0.769. The summed E-state index contributed by atoms with van der Waals surface area (Å²) < 4.78 is 5.75. The van der Waals surface area contributed by atoms with Crippen LogP contribution in [0, 0.1) is 0 Å². The molecule has 3 aromatic carbocycles. The lowest BCUT2D eigenvalue weighted by atomic mass is 9.92. The molecule has 9 heteroatoms. The van der Waals surface area contributed by atoms with Crippen LogP contribution in [0.15, 0.2) is 71.7 Å². The van der Waals surface area contributed by atoms with E-state index in [2.05, 4.69) is 22.5 Å². The minimum absolute atomic E-state index is 0.0516. The number of halogens is 1. The van der Waals surface area contributed by atoms with Crippen molar-refractivity contribution in [3.05, 3.63) is 98.9 Å². The first kappa shape index (κ1) is 27.3. The van der Waals surface area contributed by atoms with Crippen LogP contribution in [0.5, 0.6) is 5.75 Å². The number of ether oxygens (including phenoxy) is 1. The summed E-state index contributed by atoms with van der Waals surface area (Å²) in [6.45, 7) is 2.39. The highest BCUT2D eigenvalue weighted by atomic mass is 35.5. The summed E-state index contributed by atoms with van der Waals surface area (Å²) >= 11 is 6.28. The number of hydrogen-bond donors (Lipinski definition) is 3. The normalized spacial score (nSPS) is 18.1. The Morgan fingerprint density at radius 3 is 2.65 bits per heavy atom. The number of amides is 2. The fourth-order valence-electron chi connectivity index (χ4n) is 5.13. The number of nitrogens with one attached hydrogen (secondary N) is 3. The maximum Gasteiger partial charge on any atom is 0.255 e. The Bertz CT molecular complexity index is 1650. The van der Waals surface area contributed by atoms with E-state index in [9.17, 15) is 14.4 Å². The fraction of sp³-hybridized carbons (Fsp3) is 0.258. The van der Waals surface area contributed by atoms with Crippen molar-refractivity contribution in [3.63, 3.8) is 0 Å². The first-order valence-corrected chi connectivity index (χ1v) is 13.5. The zero-order chi connectivity index (χ0) is 28.4. The van der Waals surface area contributed by atoms with Gasteiger partial charge in [-0.2, -0.15) is 0 Å². The quantitative estimate of drug-likeness (QED) is 0.293. The van der Waals surface area contributed by atoms with Crippen molar-refractivity contribution in [2.45, 2.75) is 38.3 Å². The van der Waals surface area contributed by atoms with Gasteiger partial charge in [0.1, 0.15) is 11.8 Å². The number of rotatable bonds is 3. The minimum Gasteiger partial charge on any atom is -0.496 e. The number of methoxy groups -OCH3 is 1. The fourth-order valence-corrected chi connectivity index (χ4v) is 5.35. The highest BCUT2D eigenvalue weighted by Gasteiger charge is 2.27. The van der Waals surface area contributed by atoms with Crippen LogP contribution in [-0.4, -0.2) is 35.9 Å². The number of hydrogen-bond acceptors (Lipinski definition) is 5. The van der Waals surface area contributed by atoms with Crippen LogP contribution in [0.3, 0.4) is 0 Å². The van der Waals surface area contributed by atoms with Crippen LogP contribution in [0.4, 0.5) is 11.4 Å². The molecule has 2 aliphatic rings. The molecule has 0 fully saturated rings. The van der Waals surface area contributed by atoms with Crippen molar-refractivity contribution in [3.8, 4) is 5.75 Å². The van der Waals surface area contributed by atoms with Crippen molar-refractivity contribution in [1.29, 1.82) is 0 Å². The van der Waals surface area contributed by atoms with Crippen molar-refractivity contribution < 1.29 is 14.3 Å². The molecule has 0 unspecified atom stereocenters. The van der Waals surface area contributed by atoms with Crippen molar-refractivity contribution in [2.75, 3.05) is 24.8 Å². The number of pyridine rings is 1. The Morgan fingerprint density at radius 1 is 1.02 bits per heavy atom. The molecule has 6 rings (SSSR count). The molecule has 3 heterocycles. The van der Waals surface area contributed by atoms with Crippen LogP contribution in [-0.2, 0) is 16.1 Å². The summed E-state index contributed by atoms with van der Waals surface area (Å²) in [5, 5.41) is 7.82. The highest BCUT2D eigenvalue weighted by molar-refractivity contribution is 6.35. The summed E-state index contributed by atoms with van der Waals surface area (Å²) in [6, 6.07) is 17.8. The van der Waals surface area contributed by atoms with Crippen molar-refractivity contribution >= 4 is 45.6 Å². The summed E-state index contributed by atoms with van der Waals surface area (Å²) in [7, 11) is 3.34. The van der Waals surface area contributed by atoms with Crippen LogP contribution in [0.1, 0.15) is 48.4 Å². The number of likely N-dealkylation sites (N-methyl/N-ethyl adjacent to an activating group) is 1. The Balaban J connectivity index is 1.58. The van der Waals surface area contributed by atoms with Gasteiger partial charge in [0.25, 0.3) is 5.56 Å². The van der Waals surface area contributed by atoms with E-state index in [0.717, 1.165) is 11.1 Å². The van der Waals surface area contributed by atoms with Gasteiger partial charge in [-0.3, -0.25) is 14.4 Å². The zero-order valence-corrected chi connectivity index (χ0v) is 23.3. The van der Waals surface area contributed by atoms with Crippen LogP contribution in [0.25, 0.3) is 10.8 Å². The monoisotopic (exact) mass is 558 g/mol. The molecule has 0 saturated carbocycles. The van der Waals surface area contributed by atoms with E-state index >= 15 is 0 Å². The number of carbonyl (C=O) groups is 2. The lowest BCUT2D eigenvalue weighted by molar-refractivity contribution is -0.131. The lowest BCUT2D eigenvalue weighted by Gasteiger charge is -2.27. The molecule has 3 N–H and O–H groups in total. The second-order valence-electron chi connectivity index (χ2n) is 10.2. The molecular weight excluding hydrogens is 528 g/mol. The Kier molecular flexibility index (Phi) is 7.80. The second-order valence-corrected chi connectivity index (χ2v) is 10.6. The third-order valence-electron chi connectivity index (χ3n) is 7.34. The summed E-state index contributed by atoms with van der Waals surface area (Å²) in [4.78, 5) is 43.4. The predicted molar refractivity (Wildman–Crippen MR) is 158 cm³/mol. The van der Waals surface area contributed by atoms with Gasteiger partial charge in [0.2, 0.25) is 11.8 Å². The Hall–Kier alpha value is -4.30. The molecule has 8 nitrogen and oxygen atoms in total. The van der Waals surface area contributed by atoms with Crippen molar-refractivity contribution in [1.82, 2.24) is 9.88 Å². The number of benzene rings is 3. The lowest BCUT2D eigenvalue weighted by Crippen LogP contribution is -2.35. The van der Waals surface area contributed by atoms with E-state index in [1.807, 2.05) is 42.5 Å². The molecule has 0 spiro atoms. The van der Waals surface area contributed by atoms with Gasteiger partial charge < -0.3 is 25.3 Å². The number of anilines is 2. The van der Waals surface area contributed by atoms with E-state index in [0.29, 0.717) is 57.9 Å². The molecule has 0 aliphatic carbocycles. The van der Waals surface area contributed by atoms with Gasteiger partial charge in [0.05, 0.1) is 17.5 Å². The molecule has 1 aromatic heterocycles. The number of fused-ring (bicyclic) bond motifs is 10. The van der Waals surface area contributed by atoms with Gasteiger partial charge in [0, 0.05) is 43.0 Å². The third kappa shape index (κ3) is 5.67. The largest absolute Gasteiger partial charge is 0.496 e. The molecule has 2 atom stereocenters. The maximum absolute atomic E-state index is 14.0. The van der Waals surface area contributed by atoms with Crippen LogP contribution in [0.2, 0.25) is 5.02 Å². The van der Waals surface area contributed by atoms with Gasteiger partial charge in [-0.15, -0.1) is 0 Å². The zero-order valence-electron chi connectivity index (χ0n) is 22.6. The smallest absolute Gasteiger partial charge is 0.255 e. The van der Waals surface area contributed by atoms with Gasteiger partial charge in [-0.25, -0.2) is 0 Å². The average Bonchev–Trinajstić information content (AvgIpc) is 2.95. The van der Waals surface area contributed by atoms with E-state index in [4.69, 9.17) is 16.3 Å². The molecule has 2 aliphatic heterocycles. The highest BCUT2D eigenvalue weighted by Crippen LogP contribution is 2.34. The maximum atomic E-state index is 14.0. The van der Waals surface area contributed by atoms with Crippen molar-refractivity contribution in [2.24, 2.45) is 0 Å². The third-order valence-corrected chi connectivity index (χ3v) is 7.66. The molecule has 0 saturated heterocycles. The second kappa shape index (κ2) is 11.4. The number of H-pyrrole nitrogens is 1. The molecular formula is C31H31ClN4O4. The molecule has 206 valence electrons. The van der Waals surface area contributed by atoms with E-state index in [1.54, 1.807) is 37.3 Å². The molecule has 0 radical (unpaired) electrons. The van der Waals surface area contributed by atoms with Crippen LogP contribution >= 0.6 is 11.6 Å². The molecule has 4 bridgehead atoms. The summed E-state index contributed by atoms with van der Waals surface area (Å²) in [5.41, 5.74) is 3.58. The van der Waals surface area contributed by atoms with E-state index in [-0.39, 0.29) is 23.3 Å². The number of carbonyl (C=O) groups excluding carboxylic acids is 2. The summed E-state index contributed by atoms with van der Waals surface area (Å²) in [6.07, 6.45) is 2.47. The number of nitrogens with zero attached hydrogens (tertiary/aromatic N) is 1. The standard InChI is InChI=1S/C31H31ClN4O4/c1-18-7-12-28(37)34-21-6-4-5-19(13-21)17-36(2)31(39)29(20-8-10-23(18)27(14-20)40-3)35-22-9-11-24-25(15-22)30(38)33-16-26(24)32/h4-6,8-11,13-16,18,29,35H,7,12,17H2,1-3H3,(H,33,38)(H,34,37)/t18-,29+/m0/s1. The van der Waals surface area contributed by atoms with Gasteiger partial charge in [-0.1, -0.05) is 48.9 Å². The molecule has 4 aromatic rings. The van der Waals surface area contributed by atoms with Gasteiger partial charge in [-0.05, 0) is 59.4 Å². The predicted octanol–water partition coefficient (Wildman–Crippen LogP) is 5.84. The van der Waals surface area contributed by atoms with E-state index in [1.165, 1.54) is 6.20 Å². The first-order valence-electron chi connectivity index (χ1n) is 13.1. The summed E-state index contributed by atoms with van der Waals surface area (Å²) in [5.74, 6) is 0.461. The van der Waals surface area contributed by atoms with E-state index < -0.39 is 6.04 Å². The Morgan fingerprint density at radius 2 is 1.85 bits per heavy atom. The molecule has 2 amide bonds. The van der Waals surface area contributed by atoms with Gasteiger partial charge >= 0.3 is 0 Å². The average molecular weight is 559 g/mol. The van der Waals surface area contributed by atoms with Crippen LogP contribution < -0.4 is 20.9 Å². The number of aromatic nitrogens is 1. The Labute approximate surface area is 237 Å². The number of aromatic amines is 1. The SMILES string of the molecule is COc1cc2ccc1[C@@H](C)CCC(=O)Nc1cccc(c1)CN(C)C(=O)[C@@H]2Nc1ccc2c(Cl)c[nH]c(=O)c2c1.